The molecule has 1 amide bonds. The Morgan fingerprint density at radius 1 is 1.15 bits per heavy atom. The first-order chi connectivity index (χ1) is 12.6. The largest absolute Gasteiger partial charge is 0.356 e. The highest BCUT2D eigenvalue weighted by Gasteiger charge is 2.11. The molecule has 0 aliphatic heterocycles. The number of pyridine rings is 1. The quantitative estimate of drug-likeness (QED) is 0.664. The molecule has 3 rings (SSSR count). The Morgan fingerprint density at radius 2 is 2.04 bits per heavy atom. The van der Waals surface area contributed by atoms with Gasteiger partial charge in [0.1, 0.15) is 0 Å². The zero-order valence-corrected chi connectivity index (χ0v) is 15.3. The van der Waals surface area contributed by atoms with Crippen molar-refractivity contribution in [2.75, 3.05) is 6.54 Å². The number of hydrogen-bond donors (Lipinski definition) is 1. The summed E-state index contributed by atoms with van der Waals surface area (Å²) in [7, 11) is 0. The molecule has 3 aromatic rings. The molecule has 2 heterocycles. The summed E-state index contributed by atoms with van der Waals surface area (Å²) in [4.78, 5) is 20.2. The molecule has 0 aliphatic carbocycles. The number of nitrogens with one attached hydrogen (secondary N) is 1. The maximum absolute atomic E-state index is 12.0. The maximum Gasteiger partial charge on any atom is 0.227 e. The van der Waals surface area contributed by atoms with E-state index in [1.807, 2.05) is 18.2 Å². The number of aromatic nitrogens is 3. The van der Waals surface area contributed by atoms with Crippen LogP contribution in [0.4, 0.5) is 0 Å². The van der Waals surface area contributed by atoms with E-state index in [1.165, 1.54) is 0 Å². The summed E-state index contributed by atoms with van der Waals surface area (Å²) in [6.07, 6.45) is 4.57. The second-order valence-electron chi connectivity index (χ2n) is 5.57. The maximum atomic E-state index is 12.0. The number of nitrogens with zero attached hydrogens (tertiary/aromatic N) is 3. The monoisotopic (exact) mass is 390 g/mol. The van der Waals surface area contributed by atoms with Crippen LogP contribution in [0.25, 0.3) is 11.4 Å². The summed E-state index contributed by atoms with van der Waals surface area (Å²) in [5, 5.41) is 7.78. The molecule has 0 bridgehead atoms. The van der Waals surface area contributed by atoms with Crippen LogP contribution < -0.4 is 5.32 Å². The molecular formula is C18H16Cl2N4O2. The molecular weight excluding hydrogens is 375 g/mol. The lowest BCUT2D eigenvalue weighted by atomic mass is 10.1. The molecule has 0 aliphatic rings. The van der Waals surface area contributed by atoms with E-state index >= 15 is 0 Å². The Morgan fingerprint density at radius 3 is 2.85 bits per heavy atom. The summed E-state index contributed by atoms with van der Waals surface area (Å²) in [5.74, 6) is 0.783. The van der Waals surface area contributed by atoms with Gasteiger partial charge in [-0.15, -0.1) is 0 Å². The summed E-state index contributed by atoms with van der Waals surface area (Å²) >= 11 is 12.1. The van der Waals surface area contributed by atoms with Gasteiger partial charge in [-0.1, -0.05) is 40.5 Å². The van der Waals surface area contributed by atoms with Crippen molar-refractivity contribution < 1.29 is 9.32 Å². The molecule has 1 aromatic carbocycles. The van der Waals surface area contributed by atoms with E-state index in [0.717, 1.165) is 11.1 Å². The highest BCUT2D eigenvalue weighted by molar-refractivity contribution is 6.42. The average molecular weight is 391 g/mol. The number of hydrogen-bond acceptors (Lipinski definition) is 5. The minimum atomic E-state index is -0.0933. The number of carbonyl (C=O) groups excluding carboxylic acids is 1. The lowest BCUT2D eigenvalue weighted by Crippen LogP contribution is -2.26. The topological polar surface area (TPSA) is 80.9 Å². The van der Waals surface area contributed by atoms with Gasteiger partial charge in [-0.05, 0) is 30.2 Å². The minimum Gasteiger partial charge on any atom is -0.356 e. The molecule has 8 heteroatoms. The van der Waals surface area contributed by atoms with Crippen LogP contribution in [0.3, 0.4) is 0 Å². The standard InChI is InChI=1S/C18H16Cl2N4O2/c19-14-5-1-3-12(17(14)20)8-10-22-15(25)6-7-16-23-18(24-26-16)13-4-2-9-21-11-13/h1-5,9,11H,6-8,10H2,(H,22,25). The third-order valence-electron chi connectivity index (χ3n) is 3.70. The third-order valence-corrected chi connectivity index (χ3v) is 4.56. The summed E-state index contributed by atoms with van der Waals surface area (Å²) in [6, 6.07) is 9.09. The van der Waals surface area contributed by atoms with Crippen molar-refractivity contribution >= 4 is 29.1 Å². The summed E-state index contributed by atoms with van der Waals surface area (Å²) in [6.45, 7) is 0.476. The number of aryl methyl sites for hydroxylation is 1. The molecule has 0 unspecified atom stereocenters. The van der Waals surface area contributed by atoms with Crippen molar-refractivity contribution in [1.82, 2.24) is 20.4 Å². The van der Waals surface area contributed by atoms with E-state index in [1.54, 1.807) is 24.5 Å². The lowest BCUT2D eigenvalue weighted by molar-refractivity contribution is -0.121. The molecule has 0 atom stereocenters. The lowest BCUT2D eigenvalue weighted by Gasteiger charge is -2.07. The van der Waals surface area contributed by atoms with Crippen LogP contribution >= 0.6 is 23.2 Å². The Balaban J connectivity index is 1.44. The van der Waals surface area contributed by atoms with Crippen molar-refractivity contribution in [1.29, 1.82) is 0 Å². The van der Waals surface area contributed by atoms with E-state index in [9.17, 15) is 4.79 Å². The van der Waals surface area contributed by atoms with E-state index in [-0.39, 0.29) is 12.3 Å². The normalized spacial score (nSPS) is 10.7. The second kappa shape index (κ2) is 8.78. The average Bonchev–Trinajstić information content (AvgIpc) is 3.13. The fourth-order valence-corrected chi connectivity index (χ4v) is 2.77. The Kier molecular flexibility index (Phi) is 6.20. The van der Waals surface area contributed by atoms with Gasteiger partial charge in [-0.3, -0.25) is 9.78 Å². The predicted octanol–water partition coefficient (Wildman–Crippen LogP) is 3.73. The van der Waals surface area contributed by atoms with Gasteiger partial charge in [-0.2, -0.15) is 4.98 Å². The molecule has 134 valence electrons. The van der Waals surface area contributed by atoms with Crippen LogP contribution in [0.5, 0.6) is 0 Å². The molecule has 0 spiro atoms. The molecule has 0 saturated carbocycles. The third kappa shape index (κ3) is 4.80. The van der Waals surface area contributed by atoms with E-state index in [2.05, 4.69) is 20.4 Å². The number of rotatable bonds is 7. The Bertz CT molecular complexity index is 884. The van der Waals surface area contributed by atoms with E-state index in [0.29, 0.717) is 41.1 Å². The molecule has 1 N–H and O–H groups in total. The first-order valence-corrected chi connectivity index (χ1v) is 8.81. The van der Waals surface area contributed by atoms with E-state index in [4.69, 9.17) is 27.7 Å². The van der Waals surface area contributed by atoms with Gasteiger partial charge in [-0.25, -0.2) is 0 Å². The van der Waals surface area contributed by atoms with Crippen molar-refractivity contribution in [3.05, 3.63) is 64.2 Å². The van der Waals surface area contributed by atoms with Gasteiger partial charge in [0.15, 0.2) is 0 Å². The summed E-state index contributed by atoms with van der Waals surface area (Å²) in [5.41, 5.74) is 1.67. The van der Waals surface area contributed by atoms with Gasteiger partial charge < -0.3 is 9.84 Å². The van der Waals surface area contributed by atoms with Crippen molar-refractivity contribution in [3.8, 4) is 11.4 Å². The highest BCUT2D eigenvalue weighted by Crippen LogP contribution is 2.25. The predicted molar refractivity (Wildman–Crippen MR) is 99.0 cm³/mol. The van der Waals surface area contributed by atoms with E-state index < -0.39 is 0 Å². The van der Waals surface area contributed by atoms with Gasteiger partial charge >= 0.3 is 0 Å². The van der Waals surface area contributed by atoms with Crippen LogP contribution in [0.15, 0.2) is 47.2 Å². The van der Waals surface area contributed by atoms with Crippen LogP contribution in [0, 0.1) is 0 Å². The smallest absolute Gasteiger partial charge is 0.227 e. The SMILES string of the molecule is O=C(CCc1nc(-c2cccnc2)no1)NCCc1cccc(Cl)c1Cl. The van der Waals surface area contributed by atoms with Crippen molar-refractivity contribution in [3.63, 3.8) is 0 Å². The van der Waals surface area contributed by atoms with Crippen LogP contribution in [-0.4, -0.2) is 27.6 Å². The zero-order chi connectivity index (χ0) is 18.4. The number of benzene rings is 1. The van der Waals surface area contributed by atoms with Crippen molar-refractivity contribution in [2.45, 2.75) is 19.3 Å². The molecule has 0 radical (unpaired) electrons. The first kappa shape index (κ1) is 18.4. The Hall–Kier alpha value is -2.44. The van der Waals surface area contributed by atoms with Gasteiger partial charge in [0.05, 0.1) is 10.0 Å². The van der Waals surface area contributed by atoms with Crippen LogP contribution in [-0.2, 0) is 17.6 Å². The zero-order valence-electron chi connectivity index (χ0n) is 13.8. The Labute approximate surface area is 160 Å². The van der Waals surface area contributed by atoms with Crippen LogP contribution in [0.1, 0.15) is 17.9 Å². The number of carbonyl (C=O) groups is 1. The number of halogens is 2. The van der Waals surface area contributed by atoms with Crippen LogP contribution in [0.2, 0.25) is 10.0 Å². The van der Waals surface area contributed by atoms with Gasteiger partial charge in [0, 0.05) is 37.3 Å². The second-order valence-corrected chi connectivity index (χ2v) is 6.35. The molecule has 0 saturated heterocycles. The molecule has 2 aromatic heterocycles. The molecule has 26 heavy (non-hydrogen) atoms. The minimum absolute atomic E-state index is 0.0933. The number of amides is 1. The first-order valence-electron chi connectivity index (χ1n) is 8.06. The molecule has 0 fully saturated rings. The fourth-order valence-electron chi connectivity index (χ4n) is 2.36. The van der Waals surface area contributed by atoms with Crippen molar-refractivity contribution in [2.24, 2.45) is 0 Å². The van der Waals surface area contributed by atoms with Gasteiger partial charge in [0.2, 0.25) is 17.6 Å². The molecule has 6 nitrogen and oxygen atoms in total. The summed E-state index contributed by atoms with van der Waals surface area (Å²) < 4.78 is 5.17. The highest BCUT2D eigenvalue weighted by atomic mass is 35.5. The van der Waals surface area contributed by atoms with Gasteiger partial charge in [0.25, 0.3) is 0 Å². The fraction of sp³-hybridized carbons (Fsp3) is 0.222.